The fourth-order valence-corrected chi connectivity index (χ4v) is 0. The Hall–Kier alpha value is -0.133. The average molecular weight is 86.0 g/mol. The van der Waals surface area contributed by atoms with E-state index in [-0.39, 0.29) is 26.3 Å². The van der Waals surface area contributed by atoms with Crippen molar-refractivity contribution < 1.29 is 15.0 Å². The molecule has 0 saturated heterocycles. The fourth-order valence-electron chi connectivity index (χ4n) is 0. The van der Waals surface area contributed by atoms with Crippen LogP contribution in [0.25, 0.3) is 0 Å². The summed E-state index contributed by atoms with van der Waals surface area (Å²) in [5.74, 6) is 0. The molecule has 2 N–H and O–H groups in total. The molecule has 0 aliphatic carbocycles. The van der Waals surface area contributed by atoms with E-state index < -0.39 is 6.16 Å². The molecule has 0 fully saturated rings. The third kappa shape index (κ3) is 1810. The predicted octanol–water partition coefficient (Wildman–Crippen LogP) is 0.210. The van der Waals surface area contributed by atoms with E-state index in [2.05, 4.69) is 0 Å². The molecular weight excluding hydrogens is 79.0 g/mol. The standard InChI is InChI=1S/CH2O3.CH4.Li.H/c2-1(3)4;;;/h(H2,2,3,4);1H4;;. The molecule has 0 aromatic carbocycles. The Kier molecular flexibility index (Phi) is 24.9. The molecule has 4 heteroatoms. The summed E-state index contributed by atoms with van der Waals surface area (Å²) in [6.07, 6.45) is -1.83. The van der Waals surface area contributed by atoms with E-state index >= 15 is 0 Å². The Balaban J connectivity index is -0.0000000450. The molecule has 0 amide bonds. The van der Waals surface area contributed by atoms with E-state index in [0.717, 1.165) is 0 Å². The van der Waals surface area contributed by atoms with Crippen molar-refractivity contribution >= 4 is 25.0 Å². The van der Waals surface area contributed by atoms with Gasteiger partial charge in [0.1, 0.15) is 0 Å². The van der Waals surface area contributed by atoms with Crippen LogP contribution in [0.4, 0.5) is 4.79 Å². The van der Waals surface area contributed by atoms with E-state index in [1.54, 1.807) is 0 Å². The van der Waals surface area contributed by atoms with E-state index in [1.807, 2.05) is 0 Å². The average Bonchev–Trinajstić information content (AvgIpc) is 0.811. The first-order valence-corrected chi connectivity index (χ1v) is 0.651. The van der Waals surface area contributed by atoms with Crippen molar-refractivity contribution in [2.75, 3.05) is 0 Å². The van der Waals surface area contributed by atoms with Crippen LogP contribution >= 0.6 is 0 Å². The normalized spacial score (nSPS) is 4.00. The minimum absolute atomic E-state index is 0. The zero-order chi connectivity index (χ0) is 3.58. The molecule has 6 heavy (non-hydrogen) atoms. The SMILES string of the molecule is C.O=C(O)O.[LiH]. The van der Waals surface area contributed by atoms with E-state index in [0.29, 0.717) is 0 Å². The van der Waals surface area contributed by atoms with Crippen molar-refractivity contribution in [2.24, 2.45) is 0 Å². The van der Waals surface area contributed by atoms with Gasteiger partial charge in [-0.25, -0.2) is 4.79 Å². The molecule has 0 aromatic rings. The second kappa shape index (κ2) is 8.85. The predicted molar refractivity (Wildman–Crippen MR) is 24.5 cm³/mol. The Bertz CT molecular complexity index is 31.8. The van der Waals surface area contributed by atoms with Crippen molar-refractivity contribution in [3.63, 3.8) is 0 Å². The summed E-state index contributed by atoms with van der Waals surface area (Å²) in [5.41, 5.74) is 0. The number of hydrogen-bond acceptors (Lipinski definition) is 1. The van der Waals surface area contributed by atoms with Gasteiger partial charge in [0.15, 0.2) is 0 Å². The summed E-state index contributed by atoms with van der Waals surface area (Å²) in [7, 11) is 0. The molecule has 0 saturated carbocycles. The molecule has 0 aromatic heterocycles. The minimum atomic E-state index is -1.83. The van der Waals surface area contributed by atoms with Crippen molar-refractivity contribution in [1.29, 1.82) is 0 Å². The summed E-state index contributed by atoms with van der Waals surface area (Å²) < 4.78 is 0. The molecular formula is C2H7LiO3. The van der Waals surface area contributed by atoms with E-state index in [1.165, 1.54) is 0 Å². The Morgan fingerprint density at radius 3 is 1.33 bits per heavy atom. The van der Waals surface area contributed by atoms with Gasteiger partial charge in [-0.1, -0.05) is 7.43 Å². The second-order valence-electron chi connectivity index (χ2n) is 0.283. The van der Waals surface area contributed by atoms with Crippen LogP contribution in [-0.2, 0) is 0 Å². The van der Waals surface area contributed by atoms with Gasteiger partial charge in [-0.15, -0.1) is 0 Å². The molecule has 0 rings (SSSR count). The number of hydrogen-bond donors (Lipinski definition) is 2. The second-order valence-corrected chi connectivity index (χ2v) is 0.283. The van der Waals surface area contributed by atoms with Crippen LogP contribution in [0.3, 0.4) is 0 Å². The number of rotatable bonds is 0. The van der Waals surface area contributed by atoms with Crippen molar-refractivity contribution in [1.82, 2.24) is 0 Å². The Morgan fingerprint density at radius 1 is 1.33 bits per heavy atom. The molecule has 34 valence electrons. The summed E-state index contributed by atoms with van der Waals surface area (Å²) in [6, 6.07) is 0. The van der Waals surface area contributed by atoms with Gasteiger partial charge >= 0.3 is 25.0 Å². The first kappa shape index (κ1) is 16.9. The number of carboxylic acid groups (broad SMARTS) is 2. The topological polar surface area (TPSA) is 57.5 Å². The van der Waals surface area contributed by atoms with Crippen molar-refractivity contribution in [3.05, 3.63) is 0 Å². The molecule has 0 unspecified atom stereocenters. The van der Waals surface area contributed by atoms with Crippen LogP contribution < -0.4 is 0 Å². The maximum atomic E-state index is 8.56. The Labute approximate surface area is 48.2 Å². The van der Waals surface area contributed by atoms with Crippen molar-refractivity contribution in [3.8, 4) is 0 Å². The number of carbonyl (C=O) groups is 1. The zero-order valence-corrected chi connectivity index (χ0v) is 1.80. The fraction of sp³-hybridized carbons (Fsp3) is 0.500. The summed E-state index contributed by atoms with van der Waals surface area (Å²) >= 11 is 0. The van der Waals surface area contributed by atoms with Crippen LogP contribution in [0.5, 0.6) is 0 Å². The van der Waals surface area contributed by atoms with Gasteiger partial charge in [0, 0.05) is 0 Å². The van der Waals surface area contributed by atoms with Gasteiger partial charge in [0.05, 0.1) is 0 Å². The quantitative estimate of drug-likeness (QED) is 0.414. The van der Waals surface area contributed by atoms with Gasteiger partial charge in [-0.3, -0.25) is 0 Å². The van der Waals surface area contributed by atoms with Crippen LogP contribution in [-0.4, -0.2) is 35.2 Å². The third-order valence-corrected chi connectivity index (χ3v) is 0. The van der Waals surface area contributed by atoms with E-state index in [9.17, 15) is 0 Å². The Morgan fingerprint density at radius 2 is 1.33 bits per heavy atom. The molecule has 3 nitrogen and oxygen atoms in total. The van der Waals surface area contributed by atoms with Gasteiger partial charge in [0.2, 0.25) is 0 Å². The third-order valence-electron chi connectivity index (χ3n) is 0. The summed E-state index contributed by atoms with van der Waals surface area (Å²) in [4.78, 5) is 8.56. The summed E-state index contributed by atoms with van der Waals surface area (Å²) in [6.45, 7) is 0. The molecule has 0 atom stereocenters. The van der Waals surface area contributed by atoms with Gasteiger partial charge < -0.3 is 10.2 Å². The molecule has 0 spiro atoms. The molecule has 0 radical (unpaired) electrons. The first-order valence-electron chi connectivity index (χ1n) is 0.651. The molecule has 0 aliphatic heterocycles. The first-order chi connectivity index (χ1) is 1.73. The van der Waals surface area contributed by atoms with Gasteiger partial charge in [-0.2, -0.15) is 0 Å². The molecule has 0 aliphatic rings. The van der Waals surface area contributed by atoms with Crippen LogP contribution in [0.15, 0.2) is 0 Å². The molecule has 0 bridgehead atoms. The summed E-state index contributed by atoms with van der Waals surface area (Å²) in [5, 5.41) is 13.9. The van der Waals surface area contributed by atoms with Gasteiger partial charge in [0.25, 0.3) is 0 Å². The van der Waals surface area contributed by atoms with Crippen LogP contribution in [0.1, 0.15) is 7.43 Å². The molecule has 0 heterocycles. The monoisotopic (exact) mass is 86.1 g/mol. The zero-order valence-electron chi connectivity index (χ0n) is 1.80. The van der Waals surface area contributed by atoms with Crippen LogP contribution in [0, 0.1) is 0 Å². The van der Waals surface area contributed by atoms with E-state index in [4.69, 9.17) is 15.0 Å². The van der Waals surface area contributed by atoms with Gasteiger partial charge in [-0.05, 0) is 0 Å². The van der Waals surface area contributed by atoms with Crippen molar-refractivity contribution in [2.45, 2.75) is 7.43 Å². The van der Waals surface area contributed by atoms with Crippen LogP contribution in [0.2, 0.25) is 0 Å². The maximum absolute atomic E-state index is 8.56.